The van der Waals surface area contributed by atoms with Crippen molar-refractivity contribution in [1.82, 2.24) is 0 Å². The summed E-state index contributed by atoms with van der Waals surface area (Å²) in [5.41, 5.74) is 4.08. The number of hydrogen-bond donors (Lipinski definition) is 0. The third kappa shape index (κ3) is 3.97. The third-order valence-corrected chi connectivity index (χ3v) is 4.70. The molecule has 0 fully saturated rings. The molecule has 0 radical (unpaired) electrons. The molecule has 1 atom stereocenters. The molecule has 2 aromatic carbocycles. The van der Waals surface area contributed by atoms with E-state index >= 15 is 0 Å². The van der Waals surface area contributed by atoms with Gasteiger partial charge in [0.15, 0.2) is 5.52 Å². The van der Waals surface area contributed by atoms with E-state index in [1.165, 1.54) is 5.56 Å². The van der Waals surface area contributed by atoms with E-state index in [0.29, 0.717) is 10.6 Å². The summed E-state index contributed by atoms with van der Waals surface area (Å²) in [6.45, 7) is 6.02. The van der Waals surface area contributed by atoms with Gasteiger partial charge in [-0.1, -0.05) is 47.5 Å². The van der Waals surface area contributed by atoms with Crippen molar-refractivity contribution in [2.45, 2.75) is 20.8 Å². The number of rotatable bonds is 3. The molecule has 1 nitrogen and oxygen atoms in total. The van der Waals surface area contributed by atoms with Crippen molar-refractivity contribution in [2.75, 3.05) is 0 Å². The molecule has 0 aliphatic carbocycles. The van der Waals surface area contributed by atoms with Gasteiger partial charge in [-0.25, -0.2) is 0 Å². The zero-order valence-electron chi connectivity index (χ0n) is 11.3. The summed E-state index contributed by atoms with van der Waals surface area (Å²) in [7, 11) is 0.120. The molecule has 0 amide bonds. The zero-order valence-corrected chi connectivity index (χ0v) is 13.0. The zero-order chi connectivity index (χ0) is 14.0. The monoisotopic (exact) mass is 298 g/mol. The molecule has 0 saturated carbocycles. The quantitative estimate of drug-likeness (QED) is 0.623. The Bertz CT molecular complexity index is 620. The first-order valence-electron chi connectivity index (χ1n) is 6.13. The van der Waals surface area contributed by atoms with Crippen LogP contribution in [0.5, 0.6) is 0 Å². The van der Waals surface area contributed by atoms with Crippen molar-refractivity contribution in [3.63, 3.8) is 0 Å². The molecule has 4 heteroatoms. The number of aryl methyl sites for hydroxylation is 3. The van der Waals surface area contributed by atoms with Crippen molar-refractivity contribution >= 4 is 49.9 Å². The van der Waals surface area contributed by atoms with Gasteiger partial charge in [-0.15, -0.1) is 0 Å². The van der Waals surface area contributed by atoms with Crippen molar-refractivity contribution < 1.29 is 4.79 Å². The van der Waals surface area contributed by atoms with E-state index in [4.69, 9.17) is 11.6 Å². The van der Waals surface area contributed by atoms with Crippen molar-refractivity contribution in [3.8, 4) is 0 Å². The Morgan fingerprint density at radius 3 is 2.35 bits per heavy atom. The summed E-state index contributed by atoms with van der Waals surface area (Å²) in [5, 5.41) is 1.64. The van der Waals surface area contributed by atoms with E-state index in [1.54, 1.807) is 6.07 Å². The summed E-state index contributed by atoms with van der Waals surface area (Å²) in [5.74, 6) is 0. The molecule has 0 bridgehead atoms. The van der Waals surface area contributed by atoms with E-state index in [9.17, 15) is 4.79 Å². The number of benzene rings is 2. The normalized spacial score (nSPS) is 10.6. The first-order valence-corrected chi connectivity index (χ1v) is 7.50. The first-order chi connectivity index (χ1) is 8.99. The Hall–Kier alpha value is -0.573. The van der Waals surface area contributed by atoms with Crippen LogP contribution in [-0.4, -0.2) is 24.4 Å². The van der Waals surface area contributed by atoms with Gasteiger partial charge in [-0.2, -0.15) is 0 Å². The molecule has 100 valence electrons. The van der Waals surface area contributed by atoms with Gasteiger partial charge in [0.1, 0.15) is 0 Å². The van der Waals surface area contributed by atoms with Gasteiger partial charge in [0, 0.05) is 5.56 Å². The Morgan fingerprint density at radius 1 is 1.05 bits per heavy atom. The molecule has 0 aromatic heterocycles. The number of hydrogen-bond acceptors (Lipinski definition) is 1. The number of carbonyl (C=O) groups excluding carboxylic acids is 1. The first kappa shape index (κ1) is 17.5. The van der Waals surface area contributed by atoms with Gasteiger partial charge >= 0.3 is 18.9 Å². The molecule has 0 heterocycles. The minimum atomic E-state index is 0. The fraction of sp³-hybridized carbons (Fsp3) is 0.188. The van der Waals surface area contributed by atoms with Crippen LogP contribution in [0.1, 0.15) is 27.0 Å². The van der Waals surface area contributed by atoms with Crippen LogP contribution in [0, 0.1) is 20.8 Å². The van der Waals surface area contributed by atoms with Gasteiger partial charge in [-0.05, 0) is 51.8 Å². The average molecular weight is 299 g/mol. The molecule has 0 N–H and O–H groups in total. The third-order valence-electron chi connectivity index (χ3n) is 3.08. The van der Waals surface area contributed by atoms with E-state index in [2.05, 4.69) is 13.0 Å². The number of halogens is 1. The van der Waals surface area contributed by atoms with Crippen molar-refractivity contribution in [1.29, 1.82) is 0 Å². The van der Waals surface area contributed by atoms with Gasteiger partial charge in [-0.3, -0.25) is 4.79 Å². The maximum absolute atomic E-state index is 12.4. The minimum absolute atomic E-state index is 0. The summed E-state index contributed by atoms with van der Waals surface area (Å²) in [4.78, 5) is 12.4. The second-order valence-corrected chi connectivity index (χ2v) is 6.35. The molecule has 0 aliphatic rings. The molecular formula is C16H17ClLiOP. The summed E-state index contributed by atoms with van der Waals surface area (Å²) in [6, 6.07) is 11.7. The number of carbonyl (C=O) groups is 1. The van der Waals surface area contributed by atoms with E-state index in [1.807, 2.05) is 38.1 Å². The standard InChI is InChI=1S/C16H16ClOP.Li.H/c1-10-7-8-14(12(3)9-10)19-16(18)15-11(2)5-4-6-13(15)17;;/h4-9,19H,1-3H3;;. The molecule has 0 spiro atoms. The molecule has 0 aliphatic heterocycles. The Morgan fingerprint density at radius 2 is 1.75 bits per heavy atom. The molecule has 20 heavy (non-hydrogen) atoms. The van der Waals surface area contributed by atoms with Crippen molar-refractivity contribution in [2.24, 2.45) is 0 Å². The maximum atomic E-state index is 12.4. The van der Waals surface area contributed by atoms with Gasteiger partial charge in [0.2, 0.25) is 0 Å². The van der Waals surface area contributed by atoms with Crippen LogP contribution in [0.3, 0.4) is 0 Å². The topological polar surface area (TPSA) is 17.1 Å². The van der Waals surface area contributed by atoms with Crippen molar-refractivity contribution in [3.05, 3.63) is 63.7 Å². The Balaban J connectivity index is 0.00000200. The Kier molecular flexibility index (Phi) is 6.50. The van der Waals surface area contributed by atoms with Crippen LogP contribution in [0.15, 0.2) is 36.4 Å². The Labute approximate surface area is 139 Å². The van der Waals surface area contributed by atoms with Crippen LogP contribution >= 0.6 is 20.2 Å². The molecule has 2 aromatic rings. The summed E-state index contributed by atoms with van der Waals surface area (Å²) < 4.78 is 0. The fourth-order valence-electron chi connectivity index (χ4n) is 2.06. The van der Waals surface area contributed by atoms with Crippen LogP contribution in [0.2, 0.25) is 5.02 Å². The molecule has 2 rings (SSSR count). The van der Waals surface area contributed by atoms with Crippen LogP contribution in [0.4, 0.5) is 0 Å². The van der Waals surface area contributed by atoms with Gasteiger partial charge in [0.05, 0.1) is 5.02 Å². The predicted octanol–water partition coefficient (Wildman–Crippen LogP) is 3.76. The molecule has 1 unspecified atom stereocenters. The van der Waals surface area contributed by atoms with Gasteiger partial charge in [0.25, 0.3) is 0 Å². The second kappa shape index (κ2) is 7.44. The van der Waals surface area contributed by atoms with E-state index in [0.717, 1.165) is 16.4 Å². The summed E-state index contributed by atoms with van der Waals surface area (Å²) in [6.07, 6.45) is 0. The fourth-order valence-corrected chi connectivity index (χ4v) is 3.58. The predicted molar refractivity (Wildman–Crippen MR) is 91.5 cm³/mol. The van der Waals surface area contributed by atoms with Crippen LogP contribution < -0.4 is 5.30 Å². The summed E-state index contributed by atoms with van der Waals surface area (Å²) >= 11 is 6.14. The van der Waals surface area contributed by atoms with Gasteiger partial charge < -0.3 is 0 Å². The van der Waals surface area contributed by atoms with Crippen LogP contribution in [0.25, 0.3) is 0 Å². The molecule has 0 saturated heterocycles. The second-order valence-electron chi connectivity index (χ2n) is 4.70. The van der Waals surface area contributed by atoms with E-state index < -0.39 is 0 Å². The molecular weight excluding hydrogens is 282 g/mol. The van der Waals surface area contributed by atoms with Crippen LogP contribution in [-0.2, 0) is 0 Å². The average Bonchev–Trinajstić information content (AvgIpc) is 2.32. The van der Waals surface area contributed by atoms with E-state index in [-0.39, 0.29) is 33.0 Å². The SMILES string of the molecule is Cc1ccc(PC(=O)c2c(C)cccc2Cl)c(C)c1.[LiH].